The number of rotatable bonds is 4. The maximum atomic E-state index is 4.15. The number of nitrogens with one attached hydrogen (secondary N) is 1. The van der Waals surface area contributed by atoms with Crippen molar-refractivity contribution >= 4 is 21.7 Å². The van der Waals surface area contributed by atoms with Gasteiger partial charge in [-0.3, -0.25) is 0 Å². The molecular weight excluding hydrogens is 242 g/mol. The quantitative estimate of drug-likeness (QED) is 0.900. The van der Waals surface area contributed by atoms with Gasteiger partial charge >= 0.3 is 0 Å². The van der Waals surface area contributed by atoms with Gasteiger partial charge in [-0.2, -0.15) is 0 Å². The number of nitrogens with zero attached hydrogens (tertiary/aromatic N) is 2. The van der Waals surface area contributed by atoms with E-state index in [0.717, 1.165) is 22.8 Å². The second-order valence-electron chi connectivity index (χ2n) is 3.73. The second kappa shape index (κ2) is 4.73. The minimum absolute atomic E-state index is 0.902. The SMILES string of the molecule is Brc1cncnc1NCCC1CCC1. The van der Waals surface area contributed by atoms with Gasteiger partial charge in [0.15, 0.2) is 0 Å². The molecule has 1 heterocycles. The predicted octanol–water partition coefficient (Wildman–Crippen LogP) is 2.84. The van der Waals surface area contributed by atoms with Crippen LogP contribution in [0.2, 0.25) is 0 Å². The molecule has 0 aliphatic heterocycles. The molecule has 2 rings (SSSR count). The number of halogens is 1. The van der Waals surface area contributed by atoms with E-state index in [0.29, 0.717) is 0 Å². The summed E-state index contributed by atoms with van der Waals surface area (Å²) in [6.07, 6.45) is 8.83. The van der Waals surface area contributed by atoms with Crippen LogP contribution in [-0.4, -0.2) is 16.5 Å². The minimum Gasteiger partial charge on any atom is -0.369 e. The van der Waals surface area contributed by atoms with Gasteiger partial charge in [0.1, 0.15) is 12.1 Å². The molecule has 0 aromatic carbocycles. The zero-order chi connectivity index (χ0) is 9.80. The zero-order valence-corrected chi connectivity index (χ0v) is 9.63. The minimum atomic E-state index is 0.902. The highest BCUT2D eigenvalue weighted by Crippen LogP contribution is 2.29. The van der Waals surface area contributed by atoms with E-state index < -0.39 is 0 Å². The molecule has 1 saturated carbocycles. The van der Waals surface area contributed by atoms with E-state index in [-0.39, 0.29) is 0 Å². The second-order valence-corrected chi connectivity index (χ2v) is 4.59. The van der Waals surface area contributed by atoms with Crippen LogP contribution in [0, 0.1) is 5.92 Å². The van der Waals surface area contributed by atoms with E-state index in [2.05, 4.69) is 31.2 Å². The first-order valence-electron chi connectivity index (χ1n) is 5.05. The average molecular weight is 256 g/mol. The summed E-state index contributed by atoms with van der Waals surface area (Å²) in [5.41, 5.74) is 0. The molecule has 76 valence electrons. The summed E-state index contributed by atoms with van der Waals surface area (Å²) in [6.45, 7) is 1.01. The van der Waals surface area contributed by atoms with E-state index >= 15 is 0 Å². The Morgan fingerprint density at radius 2 is 2.36 bits per heavy atom. The van der Waals surface area contributed by atoms with Crippen LogP contribution in [0.5, 0.6) is 0 Å². The van der Waals surface area contributed by atoms with Crippen molar-refractivity contribution in [2.45, 2.75) is 25.7 Å². The molecule has 1 N–H and O–H groups in total. The Morgan fingerprint density at radius 3 is 3.00 bits per heavy atom. The normalized spacial score (nSPS) is 16.4. The lowest BCUT2D eigenvalue weighted by Gasteiger charge is -2.25. The topological polar surface area (TPSA) is 37.8 Å². The Balaban J connectivity index is 1.76. The fourth-order valence-corrected chi connectivity index (χ4v) is 1.98. The van der Waals surface area contributed by atoms with Gasteiger partial charge in [0.2, 0.25) is 0 Å². The third kappa shape index (κ3) is 2.44. The Bertz CT molecular complexity index is 299. The van der Waals surface area contributed by atoms with Gasteiger partial charge in [-0.15, -0.1) is 0 Å². The molecule has 3 nitrogen and oxygen atoms in total. The lowest BCUT2D eigenvalue weighted by atomic mass is 9.83. The maximum absolute atomic E-state index is 4.15. The van der Waals surface area contributed by atoms with Crippen molar-refractivity contribution < 1.29 is 0 Å². The highest BCUT2D eigenvalue weighted by Gasteiger charge is 2.16. The summed E-state index contributed by atoms with van der Waals surface area (Å²) >= 11 is 3.41. The monoisotopic (exact) mass is 255 g/mol. The molecule has 0 spiro atoms. The zero-order valence-electron chi connectivity index (χ0n) is 8.04. The van der Waals surface area contributed by atoms with Crippen LogP contribution in [0.25, 0.3) is 0 Å². The van der Waals surface area contributed by atoms with Crippen molar-refractivity contribution in [1.29, 1.82) is 0 Å². The van der Waals surface area contributed by atoms with Gasteiger partial charge in [0.25, 0.3) is 0 Å². The molecule has 1 aromatic heterocycles. The largest absolute Gasteiger partial charge is 0.369 e. The molecule has 0 atom stereocenters. The molecule has 0 saturated heterocycles. The third-order valence-electron chi connectivity index (χ3n) is 2.74. The van der Waals surface area contributed by atoms with Gasteiger partial charge < -0.3 is 5.32 Å². The fourth-order valence-electron chi connectivity index (χ4n) is 1.62. The molecule has 1 aliphatic carbocycles. The van der Waals surface area contributed by atoms with E-state index in [1.54, 1.807) is 12.5 Å². The van der Waals surface area contributed by atoms with Crippen LogP contribution in [-0.2, 0) is 0 Å². The van der Waals surface area contributed by atoms with Crippen molar-refractivity contribution in [3.8, 4) is 0 Å². The van der Waals surface area contributed by atoms with Crippen molar-refractivity contribution in [2.75, 3.05) is 11.9 Å². The van der Waals surface area contributed by atoms with Crippen LogP contribution in [0.3, 0.4) is 0 Å². The molecule has 14 heavy (non-hydrogen) atoms. The van der Waals surface area contributed by atoms with Crippen LogP contribution in [0.1, 0.15) is 25.7 Å². The number of aromatic nitrogens is 2. The van der Waals surface area contributed by atoms with Gasteiger partial charge in [-0.25, -0.2) is 9.97 Å². The van der Waals surface area contributed by atoms with E-state index in [1.807, 2.05) is 0 Å². The summed E-state index contributed by atoms with van der Waals surface area (Å²) in [6, 6.07) is 0. The van der Waals surface area contributed by atoms with Gasteiger partial charge in [-0.05, 0) is 28.3 Å². The number of anilines is 1. The molecule has 0 radical (unpaired) electrons. The highest BCUT2D eigenvalue weighted by molar-refractivity contribution is 9.10. The first kappa shape index (κ1) is 9.90. The fraction of sp³-hybridized carbons (Fsp3) is 0.600. The first-order chi connectivity index (χ1) is 6.86. The standard InChI is InChI=1S/C10H14BrN3/c11-9-6-12-7-14-10(9)13-5-4-8-2-1-3-8/h6-8H,1-5H2,(H,12,13,14). The van der Waals surface area contributed by atoms with Gasteiger partial charge in [0, 0.05) is 12.7 Å². The van der Waals surface area contributed by atoms with Crippen LogP contribution in [0.4, 0.5) is 5.82 Å². The van der Waals surface area contributed by atoms with E-state index in [1.165, 1.54) is 25.7 Å². The summed E-state index contributed by atoms with van der Waals surface area (Å²) < 4.78 is 0.939. The lowest BCUT2D eigenvalue weighted by Crippen LogP contribution is -2.16. The number of hydrogen-bond donors (Lipinski definition) is 1. The van der Waals surface area contributed by atoms with E-state index in [4.69, 9.17) is 0 Å². The van der Waals surface area contributed by atoms with Crippen molar-refractivity contribution in [3.63, 3.8) is 0 Å². The third-order valence-corrected chi connectivity index (χ3v) is 3.32. The van der Waals surface area contributed by atoms with Crippen molar-refractivity contribution in [1.82, 2.24) is 9.97 Å². The van der Waals surface area contributed by atoms with Crippen LogP contribution in [0.15, 0.2) is 17.0 Å². The molecule has 1 fully saturated rings. The molecule has 0 unspecified atom stereocenters. The molecular formula is C10H14BrN3. The maximum Gasteiger partial charge on any atom is 0.143 e. The summed E-state index contributed by atoms with van der Waals surface area (Å²) in [5, 5.41) is 3.31. The summed E-state index contributed by atoms with van der Waals surface area (Å²) in [7, 11) is 0. The van der Waals surface area contributed by atoms with Crippen LogP contribution >= 0.6 is 15.9 Å². The Kier molecular flexibility index (Phi) is 3.35. The van der Waals surface area contributed by atoms with Gasteiger partial charge in [-0.1, -0.05) is 19.3 Å². The van der Waals surface area contributed by atoms with Crippen molar-refractivity contribution in [2.24, 2.45) is 5.92 Å². The summed E-state index contributed by atoms with van der Waals surface area (Å²) in [5.74, 6) is 1.85. The van der Waals surface area contributed by atoms with Gasteiger partial charge in [0.05, 0.1) is 4.47 Å². The molecule has 1 aromatic rings. The Hall–Kier alpha value is -0.640. The predicted molar refractivity (Wildman–Crippen MR) is 60.2 cm³/mol. The molecule has 0 amide bonds. The molecule has 4 heteroatoms. The van der Waals surface area contributed by atoms with Crippen LogP contribution < -0.4 is 5.32 Å². The average Bonchev–Trinajstić information content (AvgIpc) is 2.12. The highest BCUT2D eigenvalue weighted by atomic mass is 79.9. The van der Waals surface area contributed by atoms with Crippen molar-refractivity contribution in [3.05, 3.63) is 17.0 Å². The Morgan fingerprint density at radius 1 is 1.50 bits per heavy atom. The molecule has 1 aliphatic rings. The lowest BCUT2D eigenvalue weighted by molar-refractivity contribution is 0.303. The molecule has 0 bridgehead atoms. The smallest absolute Gasteiger partial charge is 0.143 e. The summed E-state index contributed by atoms with van der Waals surface area (Å²) in [4.78, 5) is 8.07. The number of hydrogen-bond acceptors (Lipinski definition) is 3. The Labute approximate surface area is 92.5 Å². The van der Waals surface area contributed by atoms with E-state index in [9.17, 15) is 0 Å². The first-order valence-corrected chi connectivity index (χ1v) is 5.85.